The topological polar surface area (TPSA) is 55.1 Å². The van der Waals surface area contributed by atoms with Crippen LogP contribution >= 0.6 is 11.8 Å². The molecule has 4 heteroatoms. The Morgan fingerprint density at radius 1 is 1.44 bits per heavy atom. The van der Waals surface area contributed by atoms with Crippen LogP contribution < -0.4 is 11.1 Å². The highest BCUT2D eigenvalue weighted by atomic mass is 32.2. The molecule has 0 saturated heterocycles. The summed E-state index contributed by atoms with van der Waals surface area (Å²) in [4.78, 5) is 11.7. The third kappa shape index (κ3) is 3.64. The summed E-state index contributed by atoms with van der Waals surface area (Å²) >= 11 is 1.74. The number of rotatable bonds is 7. The van der Waals surface area contributed by atoms with Crippen LogP contribution in [0, 0.1) is 17.8 Å². The molecule has 1 amide bonds. The van der Waals surface area contributed by atoms with Crippen LogP contribution in [0.5, 0.6) is 0 Å². The number of carbonyl (C=O) groups is 1. The standard InChI is InChI=1S/C14H26N2OS/c1-18-7-5-13(15)14(17)16-6-4-12-9-10-2-3-11(12)8-10/h10-13H,2-9,15H2,1H3,(H,16,17)/t10?,11?,12?,13-/m0/s1. The highest BCUT2D eigenvalue weighted by molar-refractivity contribution is 7.98. The van der Waals surface area contributed by atoms with E-state index in [0.717, 1.165) is 42.9 Å². The van der Waals surface area contributed by atoms with Crippen molar-refractivity contribution in [1.82, 2.24) is 5.32 Å². The number of hydrogen-bond acceptors (Lipinski definition) is 3. The van der Waals surface area contributed by atoms with Gasteiger partial charge in [-0.15, -0.1) is 0 Å². The molecule has 0 radical (unpaired) electrons. The predicted molar refractivity (Wildman–Crippen MR) is 77.5 cm³/mol. The summed E-state index contributed by atoms with van der Waals surface area (Å²) in [7, 11) is 0. The van der Waals surface area contributed by atoms with E-state index in [-0.39, 0.29) is 11.9 Å². The molecule has 3 N–H and O–H groups in total. The van der Waals surface area contributed by atoms with Crippen molar-refractivity contribution >= 4 is 17.7 Å². The van der Waals surface area contributed by atoms with Gasteiger partial charge in [-0.05, 0) is 61.9 Å². The van der Waals surface area contributed by atoms with Gasteiger partial charge in [0.25, 0.3) is 0 Å². The van der Waals surface area contributed by atoms with Gasteiger partial charge in [-0.3, -0.25) is 4.79 Å². The van der Waals surface area contributed by atoms with Crippen molar-refractivity contribution in [2.24, 2.45) is 23.5 Å². The van der Waals surface area contributed by atoms with E-state index in [1.165, 1.54) is 25.7 Å². The number of nitrogens with one attached hydrogen (secondary N) is 1. The van der Waals surface area contributed by atoms with Gasteiger partial charge in [0.1, 0.15) is 0 Å². The zero-order valence-electron chi connectivity index (χ0n) is 11.4. The fourth-order valence-electron chi connectivity index (χ4n) is 3.62. The van der Waals surface area contributed by atoms with Crippen LogP contribution in [0.1, 0.15) is 38.5 Å². The third-order valence-electron chi connectivity index (χ3n) is 4.67. The lowest BCUT2D eigenvalue weighted by Gasteiger charge is -2.22. The van der Waals surface area contributed by atoms with E-state index < -0.39 is 0 Å². The van der Waals surface area contributed by atoms with Crippen molar-refractivity contribution in [1.29, 1.82) is 0 Å². The Morgan fingerprint density at radius 2 is 2.28 bits per heavy atom. The smallest absolute Gasteiger partial charge is 0.236 e. The lowest BCUT2D eigenvalue weighted by molar-refractivity contribution is -0.122. The highest BCUT2D eigenvalue weighted by Crippen LogP contribution is 2.49. The van der Waals surface area contributed by atoms with Crippen LogP contribution in [0.25, 0.3) is 0 Å². The normalized spacial score (nSPS) is 31.6. The third-order valence-corrected chi connectivity index (χ3v) is 5.31. The van der Waals surface area contributed by atoms with E-state index in [1.807, 2.05) is 6.26 Å². The molecular formula is C14H26N2OS. The number of fused-ring (bicyclic) bond motifs is 2. The molecule has 2 rings (SSSR count). The molecule has 18 heavy (non-hydrogen) atoms. The van der Waals surface area contributed by atoms with Crippen LogP contribution in [0.3, 0.4) is 0 Å². The SMILES string of the molecule is CSCC[C@H](N)C(=O)NCCC1CC2CCC1C2. The van der Waals surface area contributed by atoms with E-state index in [2.05, 4.69) is 5.32 Å². The van der Waals surface area contributed by atoms with Crippen molar-refractivity contribution in [3.63, 3.8) is 0 Å². The van der Waals surface area contributed by atoms with Crippen LogP contribution in [0.2, 0.25) is 0 Å². The largest absolute Gasteiger partial charge is 0.355 e. The number of nitrogens with two attached hydrogens (primary N) is 1. The second-order valence-electron chi connectivity index (χ2n) is 5.90. The van der Waals surface area contributed by atoms with E-state index >= 15 is 0 Å². The molecule has 2 saturated carbocycles. The van der Waals surface area contributed by atoms with E-state index in [4.69, 9.17) is 5.73 Å². The van der Waals surface area contributed by atoms with Gasteiger partial charge in [0.15, 0.2) is 0 Å². The van der Waals surface area contributed by atoms with Gasteiger partial charge >= 0.3 is 0 Å². The number of amides is 1. The maximum Gasteiger partial charge on any atom is 0.236 e. The van der Waals surface area contributed by atoms with Gasteiger partial charge in [0.05, 0.1) is 6.04 Å². The fraction of sp³-hybridized carbons (Fsp3) is 0.929. The number of hydrogen-bond donors (Lipinski definition) is 2. The van der Waals surface area contributed by atoms with Gasteiger partial charge in [0, 0.05) is 6.54 Å². The molecule has 0 spiro atoms. The monoisotopic (exact) mass is 270 g/mol. The Balaban J connectivity index is 1.59. The molecule has 3 unspecified atom stereocenters. The van der Waals surface area contributed by atoms with Crippen LogP contribution in [0.4, 0.5) is 0 Å². The highest BCUT2D eigenvalue weighted by Gasteiger charge is 2.38. The molecule has 0 aromatic carbocycles. The Bertz CT molecular complexity index is 285. The summed E-state index contributed by atoms with van der Waals surface area (Å²) in [5, 5.41) is 3.00. The minimum absolute atomic E-state index is 0.0345. The van der Waals surface area contributed by atoms with E-state index in [9.17, 15) is 4.79 Å². The van der Waals surface area contributed by atoms with Crippen LogP contribution in [-0.2, 0) is 4.79 Å². The molecule has 2 aliphatic carbocycles. The summed E-state index contributed by atoms with van der Waals surface area (Å²) in [6.07, 6.45) is 9.71. The summed E-state index contributed by atoms with van der Waals surface area (Å²) in [6, 6.07) is -0.322. The Morgan fingerprint density at radius 3 is 2.89 bits per heavy atom. The maximum absolute atomic E-state index is 11.7. The van der Waals surface area contributed by atoms with Crippen molar-refractivity contribution in [2.75, 3.05) is 18.6 Å². The van der Waals surface area contributed by atoms with Crippen molar-refractivity contribution in [2.45, 2.75) is 44.6 Å². The van der Waals surface area contributed by atoms with Gasteiger partial charge in [-0.25, -0.2) is 0 Å². The van der Waals surface area contributed by atoms with Crippen molar-refractivity contribution in [3.8, 4) is 0 Å². The molecule has 2 bridgehead atoms. The first-order valence-corrected chi connectivity index (χ1v) is 8.62. The lowest BCUT2D eigenvalue weighted by Crippen LogP contribution is -2.41. The first-order chi connectivity index (χ1) is 8.70. The van der Waals surface area contributed by atoms with Crippen LogP contribution in [0.15, 0.2) is 0 Å². The van der Waals surface area contributed by atoms with Crippen molar-refractivity contribution < 1.29 is 4.79 Å². The maximum atomic E-state index is 11.7. The molecule has 0 aromatic heterocycles. The average molecular weight is 270 g/mol. The summed E-state index contributed by atoms with van der Waals surface area (Å²) in [5.74, 6) is 3.82. The molecule has 0 aliphatic heterocycles. The van der Waals surface area contributed by atoms with E-state index in [1.54, 1.807) is 11.8 Å². The lowest BCUT2D eigenvalue weighted by atomic mass is 9.86. The van der Waals surface area contributed by atoms with E-state index in [0.29, 0.717) is 0 Å². The van der Waals surface area contributed by atoms with Gasteiger partial charge < -0.3 is 11.1 Å². The zero-order chi connectivity index (χ0) is 13.0. The quantitative estimate of drug-likeness (QED) is 0.744. The molecule has 2 aliphatic rings. The first-order valence-electron chi connectivity index (χ1n) is 7.23. The molecule has 2 fully saturated rings. The molecular weight excluding hydrogens is 244 g/mol. The second-order valence-corrected chi connectivity index (χ2v) is 6.89. The summed E-state index contributed by atoms with van der Waals surface area (Å²) in [5.41, 5.74) is 5.83. The van der Waals surface area contributed by atoms with Gasteiger partial charge in [-0.2, -0.15) is 11.8 Å². The molecule has 3 nitrogen and oxygen atoms in total. The molecule has 0 heterocycles. The van der Waals surface area contributed by atoms with Gasteiger partial charge in [-0.1, -0.05) is 6.42 Å². The minimum Gasteiger partial charge on any atom is -0.355 e. The Labute approximate surface area is 115 Å². The van der Waals surface area contributed by atoms with Crippen molar-refractivity contribution in [3.05, 3.63) is 0 Å². The summed E-state index contributed by atoms with van der Waals surface area (Å²) in [6.45, 7) is 0.819. The Hall–Kier alpha value is -0.220. The number of carbonyl (C=O) groups excluding carboxylic acids is 1. The molecule has 104 valence electrons. The minimum atomic E-state index is -0.322. The first kappa shape index (κ1) is 14.2. The van der Waals surface area contributed by atoms with Crippen LogP contribution in [-0.4, -0.2) is 30.5 Å². The molecule has 0 aromatic rings. The second kappa shape index (κ2) is 6.80. The predicted octanol–water partition coefficient (Wildman–Crippen LogP) is 2.01. The average Bonchev–Trinajstić information content (AvgIpc) is 2.98. The summed E-state index contributed by atoms with van der Waals surface area (Å²) < 4.78 is 0. The van der Waals surface area contributed by atoms with Gasteiger partial charge in [0.2, 0.25) is 5.91 Å². The fourth-order valence-corrected chi connectivity index (χ4v) is 4.11. The Kier molecular flexibility index (Phi) is 5.37. The number of thioether (sulfide) groups is 1. The molecule has 4 atom stereocenters. The zero-order valence-corrected chi connectivity index (χ0v) is 12.2.